The summed E-state index contributed by atoms with van der Waals surface area (Å²) >= 11 is 0. The first-order valence-corrected chi connectivity index (χ1v) is 6.41. The molecule has 118 valence electrons. The number of nitrogens with one attached hydrogen (secondary N) is 1. The number of aromatic nitrogens is 4. The van der Waals surface area contributed by atoms with Crippen molar-refractivity contribution in [1.29, 1.82) is 0 Å². The summed E-state index contributed by atoms with van der Waals surface area (Å²) in [4.78, 5) is 35.7. The smallest absolute Gasteiger partial charge is 0.337 e. The number of anilines is 2. The van der Waals surface area contributed by atoms with Crippen LogP contribution in [0.25, 0.3) is 11.2 Å². The molecule has 0 radical (unpaired) electrons. The Morgan fingerprint density at radius 1 is 1.13 bits per heavy atom. The van der Waals surface area contributed by atoms with E-state index in [0.29, 0.717) is 11.3 Å². The third-order valence-corrected chi connectivity index (χ3v) is 2.69. The van der Waals surface area contributed by atoms with Crippen LogP contribution in [0.5, 0.6) is 0 Å². The molecule has 23 heavy (non-hydrogen) atoms. The average molecular weight is 314 g/mol. The fourth-order valence-corrected chi connectivity index (χ4v) is 1.63. The second kappa shape index (κ2) is 6.98. The molecule has 9 heteroatoms. The Bertz CT molecular complexity index is 876. The van der Waals surface area contributed by atoms with Gasteiger partial charge in [-0.05, 0) is 24.3 Å². The summed E-state index contributed by atoms with van der Waals surface area (Å²) in [5, 5.41) is 0. The number of aromatic amines is 1. The lowest BCUT2D eigenvalue weighted by atomic mass is 10.2. The minimum Gasteiger partial charge on any atom is -0.465 e. The highest BCUT2D eigenvalue weighted by Gasteiger charge is 2.02. The van der Waals surface area contributed by atoms with Gasteiger partial charge in [0.05, 0.1) is 12.7 Å². The maximum atomic E-state index is 11.1. The minimum atomic E-state index is -0.370. The first kappa shape index (κ1) is 15.9. The normalized spacial score (nSPS) is 9.78. The number of carbonyl (C=O) groups excluding carboxylic acids is 1. The molecule has 9 nitrogen and oxygen atoms in total. The van der Waals surface area contributed by atoms with Crippen LogP contribution in [0.1, 0.15) is 10.4 Å². The lowest BCUT2D eigenvalue weighted by Gasteiger charge is -1.97. The molecule has 0 spiro atoms. The molecule has 0 aliphatic heterocycles. The molecular weight excluding hydrogens is 300 g/mol. The van der Waals surface area contributed by atoms with E-state index in [1.807, 2.05) is 0 Å². The number of nitrogens with zero attached hydrogens (tertiary/aromatic N) is 3. The fourth-order valence-electron chi connectivity index (χ4n) is 1.63. The Labute approximate surface area is 130 Å². The number of fused-ring (bicyclic) bond motifs is 1. The number of H-pyrrole nitrogens is 1. The Morgan fingerprint density at radius 2 is 1.78 bits per heavy atom. The molecule has 0 saturated heterocycles. The zero-order valence-electron chi connectivity index (χ0n) is 12.2. The number of hydrogen-bond acceptors (Lipinski definition) is 8. The highest BCUT2D eigenvalue weighted by atomic mass is 16.5. The molecule has 3 rings (SSSR count). The van der Waals surface area contributed by atoms with Crippen LogP contribution in [0.3, 0.4) is 0 Å². The molecule has 5 N–H and O–H groups in total. The van der Waals surface area contributed by atoms with Gasteiger partial charge in [0.1, 0.15) is 0 Å². The van der Waals surface area contributed by atoms with Gasteiger partial charge in [-0.15, -0.1) is 0 Å². The fraction of sp³-hybridized carbons (Fsp3) is 0.0714. The van der Waals surface area contributed by atoms with Crippen molar-refractivity contribution in [1.82, 2.24) is 19.9 Å². The van der Waals surface area contributed by atoms with Gasteiger partial charge in [0.15, 0.2) is 11.2 Å². The molecule has 0 fully saturated rings. The van der Waals surface area contributed by atoms with E-state index in [4.69, 9.17) is 11.5 Å². The summed E-state index contributed by atoms with van der Waals surface area (Å²) in [6.07, 6.45) is 2.88. The number of esters is 1. The number of rotatable bonds is 1. The zero-order valence-corrected chi connectivity index (χ0v) is 12.2. The number of benzene rings is 1. The van der Waals surface area contributed by atoms with Crippen molar-refractivity contribution in [2.24, 2.45) is 0 Å². The van der Waals surface area contributed by atoms with E-state index in [1.54, 1.807) is 24.3 Å². The van der Waals surface area contributed by atoms with Crippen LogP contribution in [0.2, 0.25) is 0 Å². The van der Waals surface area contributed by atoms with E-state index >= 15 is 0 Å². The topological polar surface area (TPSA) is 150 Å². The van der Waals surface area contributed by atoms with Crippen LogP contribution < -0.4 is 17.0 Å². The molecular formula is C14H14N6O3. The van der Waals surface area contributed by atoms with E-state index in [2.05, 4.69) is 24.7 Å². The van der Waals surface area contributed by atoms with Gasteiger partial charge in [0.2, 0.25) is 5.95 Å². The summed E-state index contributed by atoms with van der Waals surface area (Å²) in [7, 11) is 1.35. The van der Waals surface area contributed by atoms with Crippen molar-refractivity contribution in [3.05, 3.63) is 52.6 Å². The van der Waals surface area contributed by atoms with Gasteiger partial charge < -0.3 is 16.2 Å². The van der Waals surface area contributed by atoms with Gasteiger partial charge in [-0.25, -0.2) is 14.8 Å². The monoisotopic (exact) mass is 314 g/mol. The van der Waals surface area contributed by atoms with Gasteiger partial charge in [0.25, 0.3) is 5.56 Å². The summed E-state index contributed by atoms with van der Waals surface area (Å²) in [6.45, 7) is 0. The molecule has 0 aliphatic carbocycles. The second-order valence-electron chi connectivity index (χ2n) is 4.29. The summed E-state index contributed by atoms with van der Waals surface area (Å²) < 4.78 is 4.50. The first-order valence-electron chi connectivity index (χ1n) is 6.41. The molecule has 2 aromatic heterocycles. The Kier molecular flexibility index (Phi) is 4.82. The largest absolute Gasteiger partial charge is 0.465 e. The first-order chi connectivity index (χ1) is 11.0. The van der Waals surface area contributed by atoms with Crippen LogP contribution >= 0.6 is 0 Å². The third kappa shape index (κ3) is 4.00. The van der Waals surface area contributed by atoms with Crippen molar-refractivity contribution < 1.29 is 9.53 Å². The van der Waals surface area contributed by atoms with E-state index in [9.17, 15) is 9.59 Å². The van der Waals surface area contributed by atoms with Crippen molar-refractivity contribution >= 4 is 28.8 Å². The molecule has 0 aliphatic rings. The number of nitrogen functional groups attached to an aromatic ring is 2. The zero-order chi connectivity index (χ0) is 16.8. The van der Waals surface area contributed by atoms with Crippen molar-refractivity contribution in [2.45, 2.75) is 0 Å². The summed E-state index contributed by atoms with van der Waals surface area (Å²) in [6, 6.07) is 6.57. The number of carbonyl (C=O) groups is 1. The van der Waals surface area contributed by atoms with Crippen LogP contribution in [0, 0.1) is 0 Å². The second-order valence-corrected chi connectivity index (χ2v) is 4.29. The lowest BCUT2D eigenvalue weighted by Crippen LogP contribution is -2.12. The van der Waals surface area contributed by atoms with Gasteiger partial charge in [-0.3, -0.25) is 9.78 Å². The highest BCUT2D eigenvalue weighted by Crippen LogP contribution is 2.05. The van der Waals surface area contributed by atoms with Gasteiger partial charge >= 0.3 is 5.97 Å². The maximum Gasteiger partial charge on any atom is 0.337 e. The quantitative estimate of drug-likeness (QED) is 0.430. The van der Waals surface area contributed by atoms with Crippen molar-refractivity contribution in [3.8, 4) is 0 Å². The molecule has 3 aromatic rings. The van der Waals surface area contributed by atoms with E-state index < -0.39 is 0 Å². The van der Waals surface area contributed by atoms with Gasteiger partial charge in [-0.2, -0.15) is 4.98 Å². The average Bonchev–Trinajstić information content (AvgIpc) is 2.55. The predicted molar refractivity (Wildman–Crippen MR) is 84.6 cm³/mol. The maximum absolute atomic E-state index is 11.1. The van der Waals surface area contributed by atoms with Gasteiger partial charge in [-0.1, -0.05) is 0 Å². The SMILES string of the molecule is COC(=O)c1ccc(N)cc1.Nc1nc2nccnc2c(=O)[nH]1. The van der Waals surface area contributed by atoms with Crippen molar-refractivity contribution in [3.63, 3.8) is 0 Å². The van der Waals surface area contributed by atoms with E-state index in [0.717, 1.165) is 0 Å². The van der Waals surface area contributed by atoms with E-state index in [-0.39, 0.29) is 28.6 Å². The van der Waals surface area contributed by atoms with Crippen LogP contribution in [-0.2, 0) is 4.74 Å². The number of hydrogen-bond donors (Lipinski definition) is 3. The number of ether oxygens (including phenoxy) is 1. The standard InChI is InChI=1S/C8H9NO2.C6H5N5O/c1-11-8(10)6-2-4-7(9)5-3-6;7-6-10-4-3(5(12)11-6)8-1-2-9-4/h2-5H,9H2,1H3;1-2H,(H3,7,9,10,11,12). The lowest BCUT2D eigenvalue weighted by molar-refractivity contribution is 0.0601. The van der Waals surface area contributed by atoms with Crippen LogP contribution in [-0.4, -0.2) is 33.0 Å². The van der Waals surface area contributed by atoms with Crippen LogP contribution in [0.15, 0.2) is 41.5 Å². The minimum absolute atomic E-state index is 0.0491. The highest BCUT2D eigenvalue weighted by molar-refractivity contribution is 5.89. The van der Waals surface area contributed by atoms with Gasteiger partial charge in [0, 0.05) is 18.1 Å². The Morgan fingerprint density at radius 3 is 2.43 bits per heavy atom. The molecule has 0 bridgehead atoms. The molecule has 1 aromatic carbocycles. The molecule has 0 atom stereocenters. The molecule has 0 amide bonds. The Balaban J connectivity index is 0.000000168. The molecule has 2 heterocycles. The number of methoxy groups -OCH3 is 1. The summed E-state index contributed by atoms with van der Waals surface area (Å²) in [5.41, 5.74) is 12.0. The summed E-state index contributed by atoms with van der Waals surface area (Å²) in [5.74, 6) is -0.294. The number of nitrogens with two attached hydrogens (primary N) is 2. The molecule has 0 unspecified atom stereocenters. The van der Waals surface area contributed by atoms with E-state index in [1.165, 1.54) is 19.5 Å². The van der Waals surface area contributed by atoms with Crippen molar-refractivity contribution in [2.75, 3.05) is 18.6 Å². The third-order valence-electron chi connectivity index (χ3n) is 2.69. The van der Waals surface area contributed by atoms with Crippen LogP contribution in [0.4, 0.5) is 11.6 Å². The predicted octanol–water partition coefficient (Wildman–Crippen LogP) is 0.351. The molecule has 0 saturated carbocycles. The Hall–Kier alpha value is -3.49.